The number of carbonyl (C=O) groups is 1. The molecule has 0 saturated heterocycles. The molecule has 2 aliphatic rings. The van der Waals surface area contributed by atoms with Crippen LogP contribution in [0, 0.1) is 11.2 Å². The van der Waals surface area contributed by atoms with E-state index in [1.54, 1.807) is 24.3 Å². The van der Waals surface area contributed by atoms with Crippen LogP contribution in [0.2, 0.25) is 0 Å². The number of anilines is 3. The van der Waals surface area contributed by atoms with E-state index in [0.717, 1.165) is 38.5 Å². The van der Waals surface area contributed by atoms with E-state index in [1.807, 2.05) is 0 Å². The van der Waals surface area contributed by atoms with Gasteiger partial charge in [0.05, 0.1) is 23.7 Å². The molecule has 0 unspecified atom stereocenters. The van der Waals surface area contributed by atoms with Gasteiger partial charge in [0.15, 0.2) is 0 Å². The normalized spacial score (nSPS) is 24.2. The van der Waals surface area contributed by atoms with Gasteiger partial charge in [-0.15, -0.1) is 5.10 Å². The van der Waals surface area contributed by atoms with Gasteiger partial charge in [-0.2, -0.15) is 0 Å². The van der Waals surface area contributed by atoms with E-state index in [4.69, 9.17) is 9.15 Å². The van der Waals surface area contributed by atoms with E-state index in [9.17, 15) is 14.3 Å². The third kappa shape index (κ3) is 4.80. The lowest BCUT2D eigenvalue weighted by atomic mass is 9.59. The molecule has 1 spiro atoms. The van der Waals surface area contributed by atoms with Gasteiger partial charge in [-0.05, 0) is 62.1 Å². The average Bonchev–Trinajstić information content (AvgIpc) is 3.26. The van der Waals surface area contributed by atoms with Crippen LogP contribution in [0.15, 0.2) is 47.0 Å². The summed E-state index contributed by atoms with van der Waals surface area (Å²) in [6.45, 7) is 0. The molecule has 0 aliphatic heterocycles. The maximum atomic E-state index is 13.7. The van der Waals surface area contributed by atoms with Crippen molar-refractivity contribution in [2.24, 2.45) is 5.41 Å². The fourth-order valence-corrected chi connectivity index (χ4v) is 4.59. The molecule has 10 heteroatoms. The Balaban J connectivity index is 1.13. The number of halogens is 1. The summed E-state index contributed by atoms with van der Waals surface area (Å²) in [7, 11) is 0. The minimum atomic E-state index is -0.611. The SMILES string of the molecule is O=C(Nc1ccc(OC2CCC3(CC2)CC(O)C3)nc1)c1nnc(Nc2ccccc2F)o1. The van der Waals surface area contributed by atoms with Crippen molar-refractivity contribution in [3.8, 4) is 5.88 Å². The summed E-state index contributed by atoms with van der Waals surface area (Å²) in [4.78, 5) is 16.7. The summed E-state index contributed by atoms with van der Waals surface area (Å²) < 4.78 is 25.0. The van der Waals surface area contributed by atoms with Crippen molar-refractivity contribution in [1.82, 2.24) is 15.2 Å². The molecule has 2 aliphatic carbocycles. The van der Waals surface area contributed by atoms with Crippen LogP contribution in [-0.4, -0.2) is 38.4 Å². The van der Waals surface area contributed by atoms with Gasteiger partial charge in [0, 0.05) is 6.07 Å². The van der Waals surface area contributed by atoms with E-state index in [0.29, 0.717) is 17.0 Å². The van der Waals surface area contributed by atoms with Crippen LogP contribution >= 0.6 is 0 Å². The van der Waals surface area contributed by atoms with Crippen LogP contribution in [0.5, 0.6) is 5.88 Å². The Labute approximate surface area is 189 Å². The van der Waals surface area contributed by atoms with Gasteiger partial charge in [0.2, 0.25) is 5.88 Å². The second kappa shape index (κ2) is 8.78. The first-order valence-electron chi connectivity index (χ1n) is 11.0. The first-order chi connectivity index (χ1) is 16.0. The molecule has 172 valence electrons. The Bertz CT molecular complexity index is 1120. The zero-order valence-corrected chi connectivity index (χ0v) is 17.8. The molecule has 0 atom stereocenters. The molecule has 9 nitrogen and oxygen atoms in total. The van der Waals surface area contributed by atoms with Crippen molar-refractivity contribution in [2.45, 2.75) is 50.7 Å². The van der Waals surface area contributed by atoms with E-state index in [-0.39, 0.29) is 29.8 Å². The first-order valence-corrected chi connectivity index (χ1v) is 11.0. The summed E-state index contributed by atoms with van der Waals surface area (Å²) in [6, 6.07) is 9.30. The largest absolute Gasteiger partial charge is 0.474 e. The molecule has 2 fully saturated rings. The smallest absolute Gasteiger partial charge is 0.320 e. The van der Waals surface area contributed by atoms with Crippen molar-refractivity contribution in [2.75, 3.05) is 10.6 Å². The lowest BCUT2D eigenvalue weighted by Gasteiger charge is -2.49. The van der Waals surface area contributed by atoms with Crippen LogP contribution in [0.3, 0.4) is 0 Å². The van der Waals surface area contributed by atoms with Crippen molar-refractivity contribution in [3.05, 3.63) is 54.3 Å². The predicted molar refractivity (Wildman–Crippen MR) is 117 cm³/mol. The Hall–Kier alpha value is -3.53. The van der Waals surface area contributed by atoms with Gasteiger partial charge in [0.25, 0.3) is 0 Å². The Kier molecular flexibility index (Phi) is 5.67. The van der Waals surface area contributed by atoms with E-state index >= 15 is 0 Å². The molecule has 3 N–H and O–H groups in total. The highest BCUT2D eigenvalue weighted by molar-refractivity contribution is 6.00. The number of nitrogens with zero attached hydrogens (tertiary/aromatic N) is 3. The molecule has 1 aromatic carbocycles. The number of aromatic nitrogens is 3. The molecule has 2 heterocycles. The van der Waals surface area contributed by atoms with Crippen LogP contribution in [0.4, 0.5) is 21.8 Å². The second-order valence-corrected chi connectivity index (χ2v) is 8.74. The molecule has 1 amide bonds. The van der Waals surface area contributed by atoms with Gasteiger partial charge in [-0.1, -0.05) is 17.2 Å². The van der Waals surface area contributed by atoms with Crippen molar-refractivity contribution in [1.29, 1.82) is 0 Å². The third-order valence-electron chi connectivity index (χ3n) is 6.35. The number of hydrogen-bond donors (Lipinski definition) is 3. The van der Waals surface area contributed by atoms with Gasteiger partial charge >= 0.3 is 17.8 Å². The number of amides is 1. The number of benzene rings is 1. The number of nitrogens with one attached hydrogen (secondary N) is 2. The highest BCUT2D eigenvalue weighted by Gasteiger charge is 2.45. The summed E-state index contributed by atoms with van der Waals surface area (Å²) >= 11 is 0. The zero-order valence-electron chi connectivity index (χ0n) is 17.8. The van der Waals surface area contributed by atoms with Gasteiger partial charge in [-0.25, -0.2) is 9.37 Å². The minimum Gasteiger partial charge on any atom is -0.474 e. The predicted octanol–water partition coefficient (Wildman–Crippen LogP) is 4.06. The first kappa shape index (κ1) is 21.3. The molecule has 33 heavy (non-hydrogen) atoms. The molecule has 0 radical (unpaired) electrons. The highest BCUT2D eigenvalue weighted by atomic mass is 19.1. The third-order valence-corrected chi connectivity index (χ3v) is 6.35. The molecular formula is C23H24FN5O4. The van der Waals surface area contributed by atoms with Crippen LogP contribution in [0.1, 0.15) is 49.2 Å². The Morgan fingerprint density at radius 1 is 1.15 bits per heavy atom. The van der Waals surface area contributed by atoms with Crippen molar-refractivity contribution < 1.29 is 23.4 Å². The monoisotopic (exact) mass is 453 g/mol. The van der Waals surface area contributed by atoms with E-state index < -0.39 is 11.7 Å². The molecule has 5 rings (SSSR count). The minimum absolute atomic E-state index is 0.0993. The van der Waals surface area contributed by atoms with Gasteiger partial charge in [-0.3, -0.25) is 4.79 Å². The van der Waals surface area contributed by atoms with Crippen molar-refractivity contribution in [3.63, 3.8) is 0 Å². The summed E-state index contributed by atoms with van der Waals surface area (Å²) in [6.07, 6.45) is 7.34. The molecule has 3 aromatic rings. The quantitative estimate of drug-likeness (QED) is 0.511. The number of carbonyl (C=O) groups excluding carboxylic acids is 1. The summed E-state index contributed by atoms with van der Waals surface area (Å²) in [5.74, 6) is -0.868. The lowest BCUT2D eigenvalue weighted by Crippen LogP contribution is -2.44. The van der Waals surface area contributed by atoms with Gasteiger partial charge < -0.3 is 24.9 Å². The maximum absolute atomic E-state index is 13.7. The summed E-state index contributed by atoms with van der Waals surface area (Å²) in [5, 5.41) is 22.3. The topological polar surface area (TPSA) is 122 Å². The highest BCUT2D eigenvalue weighted by Crippen LogP contribution is 2.51. The fourth-order valence-electron chi connectivity index (χ4n) is 4.59. The average molecular weight is 453 g/mol. The van der Waals surface area contributed by atoms with Crippen molar-refractivity contribution >= 4 is 23.3 Å². The van der Waals surface area contributed by atoms with Gasteiger partial charge in [0.1, 0.15) is 11.9 Å². The number of para-hydroxylation sites is 1. The number of hydrogen-bond acceptors (Lipinski definition) is 8. The summed E-state index contributed by atoms with van der Waals surface area (Å²) in [5.41, 5.74) is 0.923. The van der Waals surface area contributed by atoms with E-state index in [2.05, 4.69) is 25.8 Å². The number of aliphatic hydroxyl groups is 1. The Morgan fingerprint density at radius 3 is 2.64 bits per heavy atom. The zero-order chi connectivity index (χ0) is 22.8. The molecule has 2 saturated carbocycles. The number of aliphatic hydroxyl groups excluding tert-OH is 1. The van der Waals surface area contributed by atoms with E-state index in [1.165, 1.54) is 18.3 Å². The number of ether oxygens (including phenoxy) is 1. The van der Waals surface area contributed by atoms with Crippen LogP contribution in [0.25, 0.3) is 0 Å². The number of pyridine rings is 1. The van der Waals surface area contributed by atoms with Crippen LogP contribution in [-0.2, 0) is 0 Å². The van der Waals surface area contributed by atoms with Crippen LogP contribution < -0.4 is 15.4 Å². The molecular weight excluding hydrogens is 429 g/mol. The Morgan fingerprint density at radius 2 is 1.94 bits per heavy atom. The fraction of sp³-hybridized carbons (Fsp3) is 0.391. The standard InChI is InChI=1S/C23H24FN5O4/c24-17-3-1-2-4-18(17)27-22-29-28-21(33-22)20(31)26-14-5-6-19(25-13-14)32-16-7-9-23(10-8-16)11-15(30)12-23/h1-6,13,15-16,30H,7-12H2,(H,26,31)(H,27,29). The lowest BCUT2D eigenvalue weighted by molar-refractivity contribution is -0.0703. The number of rotatable bonds is 6. The second-order valence-electron chi connectivity index (χ2n) is 8.74. The molecule has 2 aromatic heterocycles. The maximum Gasteiger partial charge on any atom is 0.320 e. The molecule has 0 bridgehead atoms.